The van der Waals surface area contributed by atoms with Crippen molar-refractivity contribution in [1.82, 2.24) is 5.32 Å². The lowest BCUT2D eigenvalue weighted by Gasteiger charge is -2.01. The van der Waals surface area contributed by atoms with Crippen LogP contribution in [-0.2, 0) is 0 Å². The fourth-order valence-corrected chi connectivity index (χ4v) is 1.53. The quantitative estimate of drug-likeness (QED) is 0.565. The summed E-state index contributed by atoms with van der Waals surface area (Å²) < 4.78 is 11.6. The van der Waals surface area contributed by atoms with Gasteiger partial charge in [-0.2, -0.15) is 11.8 Å². The lowest BCUT2D eigenvalue weighted by molar-refractivity contribution is 0.462. The Hall–Kier alpha value is 0.240. The van der Waals surface area contributed by atoms with Crippen molar-refractivity contribution < 1.29 is 4.39 Å². The van der Waals surface area contributed by atoms with E-state index in [2.05, 4.69) is 11.6 Å². The number of rotatable bonds is 9. The minimum Gasteiger partial charge on any atom is -0.314 e. The van der Waals surface area contributed by atoms with Crippen molar-refractivity contribution in [3.05, 3.63) is 0 Å². The second kappa shape index (κ2) is 11.2. The van der Waals surface area contributed by atoms with E-state index in [0.717, 1.165) is 6.54 Å². The summed E-state index contributed by atoms with van der Waals surface area (Å²) in [6, 6.07) is 0. The Morgan fingerprint density at radius 3 is 2.50 bits per heavy atom. The van der Waals surface area contributed by atoms with Gasteiger partial charge in [0, 0.05) is 6.54 Å². The maximum Gasteiger partial charge on any atom is 0.102 e. The molecule has 0 atom stereocenters. The molecule has 0 aliphatic rings. The first-order chi connectivity index (χ1) is 5.91. The van der Waals surface area contributed by atoms with Crippen LogP contribution in [0, 0.1) is 0 Å². The molecule has 0 aromatic rings. The molecular formula is C9H20FNS. The summed E-state index contributed by atoms with van der Waals surface area (Å²) in [5, 5.41) is 3.05. The molecule has 74 valence electrons. The van der Waals surface area contributed by atoms with Crippen molar-refractivity contribution in [2.24, 2.45) is 0 Å². The van der Waals surface area contributed by atoms with Crippen molar-refractivity contribution >= 4 is 11.8 Å². The minimum atomic E-state index is -0.244. The summed E-state index contributed by atoms with van der Waals surface area (Å²) in [6.07, 6.45) is 7.25. The van der Waals surface area contributed by atoms with Gasteiger partial charge in [-0.3, -0.25) is 0 Å². The number of thioether (sulfide) groups is 1. The Balaban J connectivity index is 2.73. The normalized spacial score (nSPS) is 10.5. The molecule has 0 aliphatic carbocycles. The van der Waals surface area contributed by atoms with Gasteiger partial charge in [-0.05, 0) is 31.4 Å². The van der Waals surface area contributed by atoms with Crippen LogP contribution in [0.3, 0.4) is 0 Å². The predicted molar refractivity (Wildman–Crippen MR) is 55.7 cm³/mol. The van der Waals surface area contributed by atoms with E-state index in [4.69, 9.17) is 0 Å². The standard InChI is InChI=1S/C9H20FNS/c1-12-9-5-3-2-4-7-11-8-6-10/h11H,2-9H2,1H3. The van der Waals surface area contributed by atoms with E-state index < -0.39 is 0 Å². The average molecular weight is 193 g/mol. The van der Waals surface area contributed by atoms with Gasteiger partial charge in [0.15, 0.2) is 0 Å². The Bertz CT molecular complexity index is 70.9. The van der Waals surface area contributed by atoms with Gasteiger partial charge in [-0.25, -0.2) is 4.39 Å². The highest BCUT2D eigenvalue weighted by Crippen LogP contribution is 2.03. The second-order valence-corrected chi connectivity index (χ2v) is 3.83. The van der Waals surface area contributed by atoms with Crippen LogP contribution in [0.15, 0.2) is 0 Å². The molecule has 0 aromatic carbocycles. The van der Waals surface area contributed by atoms with E-state index in [1.54, 1.807) is 0 Å². The van der Waals surface area contributed by atoms with E-state index in [9.17, 15) is 4.39 Å². The third-order valence-electron chi connectivity index (χ3n) is 1.72. The maximum atomic E-state index is 11.6. The molecule has 1 N–H and O–H groups in total. The number of nitrogens with one attached hydrogen (secondary N) is 1. The molecule has 0 unspecified atom stereocenters. The molecule has 0 spiro atoms. The number of hydrogen-bond acceptors (Lipinski definition) is 2. The van der Waals surface area contributed by atoms with Gasteiger partial charge in [0.05, 0.1) is 0 Å². The molecule has 0 aromatic heterocycles. The molecule has 1 nitrogen and oxygen atoms in total. The van der Waals surface area contributed by atoms with Gasteiger partial charge >= 0.3 is 0 Å². The van der Waals surface area contributed by atoms with Crippen LogP contribution in [-0.4, -0.2) is 31.8 Å². The third kappa shape index (κ3) is 10.2. The number of hydrogen-bond donors (Lipinski definition) is 1. The van der Waals surface area contributed by atoms with E-state index in [1.165, 1.54) is 31.4 Å². The topological polar surface area (TPSA) is 12.0 Å². The Morgan fingerprint density at radius 2 is 1.83 bits per heavy atom. The molecule has 0 aliphatic heterocycles. The smallest absolute Gasteiger partial charge is 0.102 e. The van der Waals surface area contributed by atoms with E-state index in [0.29, 0.717) is 6.54 Å². The summed E-state index contributed by atoms with van der Waals surface area (Å²) in [7, 11) is 0. The fraction of sp³-hybridized carbons (Fsp3) is 1.00. The van der Waals surface area contributed by atoms with Gasteiger partial charge in [-0.1, -0.05) is 12.8 Å². The molecule has 12 heavy (non-hydrogen) atoms. The van der Waals surface area contributed by atoms with Crippen LogP contribution < -0.4 is 5.32 Å². The van der Waals surface area contributed by atoms with Crippen LogP contribution in [0.4, 0.5) is 4.39 Å². The highest BCUT2D eigenvalue weighted by atomic mass is 32.2. The Morgan fingerprint density at radius 1 is 1.08 bits per heavy atom. The average Bonchev–Trinajstić information content (AvgIpc) is 2.10. The summed E-state index contributed by atoms with van der Waals surface area (Å²) in [5.74, 6) is 1.28. The first-order valence-electron chi connectivity index (χ1n) is 4.67. The second-order valence-electron chi connectivity index (χ2n) is 2.85. The van der Waals surface area contributed by atoms with E-state index >= 15 is 0 Å². The molecule has 0 bridgehead atoms. The molecule has 0 amide bonds. The summed E-state index contributed by atoms with van der Waals surface area (Å²) in [5.41, 5.74) is 0. The number of halogens is 1. The molecule has 3 heteroatoms. The van der Waals surface area contributed by atoms with E-state index in [1.807, 2.05) is 11.8 Å². The van der Waals surface area contributed by atoms with Crippen molar-refractivity contribution in [3.8, 4) is 0 Å². The molecule has 0 radical (unpaired) electrons. The molecule has 0 saturated carbocycles. The maximum absolute atomic E-state index is 11.6. The summed E-state index contributed by atoms with van der Waals surface area (Å²) >= 11 is 1.91. The molecule has 0 heterocycles. The predicted octanol–water partition coefficient (Wildman–Crippen LogP) is 2.47. The highest BCUT2D eigenvalue weighted by molar-refractivity contribution is 7.98. The number of alkyl halides is 1. The fourth-order valence-electron chi connectivity index (χ4n) is 1.04. The van der Waals surface area contributed by atoms with Gasteiger partial charge in [0.25, 0.3) is 0 Å². The largest absolute Gasteiger partial charge is 0.314 e. The van der Waals surface area contributed by atoms with Gasteiger partial charge in [0.1, 0.15) is 6.67 Å². The van der Waals surface area contributed by atoms with Crippen LogP contribution in [0.5, 0.6) is 0 Å². The molecule has 0 fully saturated rings. The third-order valence-corrected chi connectivity index (χ3v) is 2.42. The van der Waals surface area contributed by atoms with Gasteiger partial charge in [-0.15, -0.1) is 0 Å². The molecule has 0 saturated heterocycles. The zero-order chi connectivity index (χ0) is 9.07. The lowest BCUT2D eigenvalue weighted by Crippen LogP contribution is -2.17. The van der Waals surface area contributed by atoms with Gasteiger partial charge in [0.2, 0.25) is 0 Å². The zero-order valence-corrected chi connectivity index (χ0v) is 8.76. The van der Waals surface area contributed by atoms with Crippen molar-refractivity contribution in [2.45, 2.75) is 25.7 Å². The SMILES string of the molecule is CSCCCCCCNCCF. The monoisotopic (exact) mass is 193 g/mol. The first kappa shape index (κ1) is 12.2. The zero-order valence-electron chi connectivity index (χ0n) is 7.94. The Labute approximate surface area is 79.5 Å². The van der Waals surface area contributed by atoms with Crippen LogP contribution >= 0.6 is 11.8 Å². The van der Waals surface area contributed by atoms with Crippen LogP contribution in [0.1, 0.15) is 25.7 Å². The molecule has 0 rings (SSSR count). The Kier molecular flexibility index (Phi) is 11.5. The molecular weight excluding hydrogens is 173 g/mol. The summed E-state index contributed by atoms with van der Waals surface area (Å²) in [6.45, 7) is 1.25. The highest BCUT2D eigenvalue weighted by Gasteiger charge is 1.89. The lowest BCUT2D eigenvalue weighted by atomic mass is 10.2. The van der Waals surface area contributed by atoms with E-state index in [-0.39, 0.29) is 6.67 Å². The summed E-state index contributed by atoms with van der Waals surface area (Å²) in [4.78, 5) is 0. The van der Waals surface area contributed by atoms with Gasteiger partial charge < -0.3 is 5.32 Å². The first-order valence-corrected chi connectivity index (χ1v) is 6.07. The van der Waals surface area contributed by atoms with Crippen LogP contribution in [0.2, 0.25) is 0 Å². The van der Waals surface area contributed by atoms with Crippen molar-refractivity contribution in [3.63, 3.8) is 0 Å². The van der Waals surface area contributed by atoms with Crippen molar-refractivity contribution in [2.75, 3.05) is 31.8 Å². The van der Waals surface area contributed by atoms with Crippen molar-refractivity contribution in [1.29, 1.82) is 0 Å². The number of unbranched alkanes of at least 4 members (excludes halogenated alkanes) is 3. The minimum absolute atomic E-state index is 0.244. The van der Waals surface area contributed by atoms with Crippen LogP contribution in [0.25, 0.3) is 0 Å².